The van der Waals surface area contributed by atoms with E-state index in [0.717, 1.165) is 38.0 Å². The maximum atomic E-state index is 11.4. The molecule has 4 heteroatoms. The Morgan fingerprint density at radius 2 is 2.12 bits per heavy atom. The van der Waals surface area contributed by atoms with Crippen molar-refractivity contribution in [2.75, 3.05) is 13.1 Å². The van der Waals surface area contributed by atoms with Gasteiger partial charge in [0, 0.05) is 17.8 Å². The molecule has 0 spiro atoms. The Balaban J connectivity index is 2.28. The van der Waals surface area contributed by atoms with Gasteiger partial charge in [-0.2, -0.15) is 0 Å². The lowest BCUT2D eigenvalue weighted by Crippen LogP contribution is -2.29. The van der Waals surface area contributed by atoms with Gasteiger partial charge in [0.2, 0.25) is 0 Å². The summed E-state index contributed by atoms with van der Waals surface area (Å²) in [6.07, 6.45) is 4.95. The molecule has 0 radical (unpaired) electrons. The fourth-order valence-corrected chi connectivity index (χ4v) is 2.51. The van der Waals surface area contributed by atoms with Gasteiger partial charge in [0.1, 0.15) is 0 Å². The summed E-state index contributed by atoms with van der Waals surface area (Å²) in [7, 11) is 0. The molecule has 4 nitrogen and oxygen atoms in total. The molecular formula is C13H21N3O. The average Bonchev–Trinajstić information content (AvgIpc) is 2.32. The number of hydrogen-bond donors (Lipinski definition) is 2. The first-order valence-corrected chi connectivity index (χ1v) is 6.45. The number of H-pyrrole nitrogens is 1. The number of nitrogens with one attached hydrogen (secondary N) is 2. The van der Waals surface area contributed by atoms with E-state index in [1.165, 1.54) is 5.56 Å². The molecule has 1 saturated heterocycles. The molecule has 0 bridgehead atoms. The average molecular weight is 235 g/mol. The van der Waals surface area contributed by atoms with Gasteiger partial charge in [-0.25, -0.2) is 9.78 Å². The summed E-state index contributed by atoms with van der Waals surface area (Å²) in [5.74, 6) is 1.07. The Bertz CT molecular complexity index is 419. The van der Waals surface area contributed by atoms with Crippen LogP contribution in [-0.2, 0) is 6.42 Å². The van der Waals surface area contributed by atoms with Gasteiger partial charge in [0.05, 0.1) is 0 Å². The second kappa shape index (κ2) is 5.45. The maximum absolute atomic E-state index is 11.4. The van der Waals surface area contributed by atoms with E-state index in [1.54, 1.807) is 6.20 Å². The molecule has 2 N–H and O–H groups in total. The number of aromatic amines is 1. The Hall–Kier alpha value is -1.16. The molecule has 1 fully saturated rings. The largest absolute Gasteiger partial charge is 0.345 e. The summed E-state index contributed by atoms with van der Waals surface area (Å²) in [6.45, 7) is 6.46. The van der Waals surface area contributed by atoms with E-state index in [-0.39, 0.29) is 5.69 Å². The molecule has 0 aliphatic carbocycles. The predicted molar refractivity (Wildman–Crippen MR) is 68.2 cm³/mol. The maximum Gasteiger partial charge on any atom is 0.345 e. The van der Waals surface area contributed by atoms with Crippen molar-refractivity contribution in [3.05, 3.63) is 27.9 Å². The van der Waals surface area contributed by atoms with Crippen LogP contribution >= 0.6 is 0 Å². The molecule has 0 amide bonds. The molecule has 0 atom stereocenters. The minimum atomic E-state index is -0.217. The Labute approximate surface area is 102 Å². The third-order valence-corrected chi connectivity index (χ3v) is 3.30. The van der Waals surface area contributed by atoms with Crippen LogP contribution in [0.25, 0.3) is 0 Å². The molecule has 1 aliphatic heterocycles. The van der Waals surface area contributed by atoms with Gasteiger partial charge in [-0.15, -0.1) is 0 Å². The van der Waals surface area contributed by atoms with E-state index in [2.05, 4.69) is 29.1 Å². The highest BCUT2D eigenvalue weighted by atomic mass is 16.1. The fraction of sp³-hybridized carbons (Fsp3) is 0.692. The lowest BCUT2D eigenvalue weighted by molar-refractivity contribution is 0.447. The fourth-order valence-electron chi connectivity index (χ4n) is 2.51. The normalized spacial score (nSPS) is 17.6. The van der Waals surface area contributed by atoms with Crippen molar-refractivity contribution in [3.8, 4) is 0 Å². The highest BCUT2D eigenvalue weighted by molar-refractivity contribution is 5.21. The standard InChI is InChI=1S/C13H21N3O/c1-9(2)7-11-8-15-13(17)16-12(11)10-3-5-14-6-4-10/h8-10,14H,3-7H2,1-2H3,(H,15,16,17). The monoisotopic (exact) mass is 235 g/mol. The van der Waals surface area contributed by atoms with Crippen molar-refractivity contribution in [2.24, 2.45) is 5.92 Å². The molecule has 1 aromatic rings. The van der Waals surface area contributed by atoms with Crippen LogP contribution in [0.2, 0.25) is 0 Å². The highest BCUT2D eigenvalue weighted by Crippen LogP contribution is 2.26. The van der Waals surface area contributed by atoms with E-state index in [1.807, 2.05) is 0 Å². The lowest BCUT2D eigenvalue weighted by atomic mass is 9.89. The summed E-state index contributed by atoms with van der Waals surface area (Å²) in [6, 6.07) is 0. The number of piperidine rings is 1. The van der Waals surface area contributed by atoms with Crippen LogP contribution in [0, 0.1) is 5.92 Å². The van der Waals surface area contributed by atoms with Crippen LogP contribution < -0.4 is 11.0 Å². The predicted octanol–water partition coefficient (Wildman–Crippen LogP) is 1.44. The first kappa shape index (κ1) is 12.3. The Kier molecular flexibility index (Phi) is 3.94. The zero-order valence-corrected chi connectivity index (χ0v) is 10.6. The van der Waals surface area contributed by atoms with E-state index >= 15 is 0 Å². The molecule has 2 rings (SSSR count). The van der Waals surface area contributed by atoms with Gasteiger partial charge >= 0.3 is 5.69 Å². The van der Waals surface area contributed by atoms with Gasteiger partial charge in [-0.1, -0.05) is 13.8 Å². The number of rotatable bonds is 3. The van der Waals surface area contributed by atoms with Crippen LogP contribution in [0.15, 0.2) is 11.0 Å². The first-order valence-electron chi connectivity index (χ1n) is 6.45. The summed E-state index contributed by atoms with van der Waals surface area (Å²) in [4.78, 5) is 18.2. The minimum Gasteiger partial charge on any atom is -0.317 e. The third kappa shape index (κ3) is 3.16. The van der Waals surface area contributed by atoms with Gasteiger partial charge in [0.15, 0.2) is 0 Å². The zero-order chi connectivity index (χ0) is 12.3. The van der Waals surface area contributed by atoms with Crippen molar-refractivity contribution >= 4 is 0 Å². The number of hydrogen-bond acceptors (Lipinski definition) is 3. The second-order valence-electron chi connectivity index (χ2n) is 5.25. The molecule has 0 saturated carbocycles. The minimum absolute atomic E-state index is 0.217. The van der Waals surface area contributed by atoms with Crippen molar-refractivity contribution in [3.63, 3.8) is 0 Å². The summed E-state index contributed by atoms with van der Waals surface area (Å²) in [5.41, 5.74) is 2.12. The van der Waals surface area contributed by atoms with E-state index < -0.39 is 0 Å². The highest BCUT2D eigenvalue weighted by Gasteiger charge is 2.19. The van der Waals surface area contributed by atoms with Gasteiger partial charge < -0.3 is 10.3 Å². The summed E-state index contributed by atoms with van der Waals surface area (Å²) in [5, 5.41) is 3.35. The van der Waals surface area contributed by atoms with Crippen LogP contribution in [0.3, 0.4) is 0 Å². The molecule has 1 aliphatic rings. The van der Waals surface area contributed by atoms with Crippen molar-refractivity contribution in [1.82, 2.24) is 15.3 Å². The number of nitrogens with zero attached hydrogens (tertiary/aromatic N) is 1. The van der Waals surface area contributed by atoms with Crippen LogP contribution in [0.1, 0.15) is 43.9 Å². The Morgan fingerprint density at radius 3 is 2.76 bits per heavy atom. The molecule has 17 heavy (non-hydrogen) atoms. The molecule has 94 valence electrons. The van der Waals surface area contributed by atoms with Gasteiger partial charge in [-0.05, 0) is 43.8 Å². The molecule has 0 unspecified atom stereocenters. The Morgan fingerprint density at radius 1 is 1.41 bits per heavy atom. The molecule has 2 heterocycles. The van der Waals surface area contributed by atoms with Crippen molar-refractivity contribution < 1.29 is 0 Å². The van der Waals surface area contributed by atoms with E-state index in [4.69, 9.17) is 0 Å². The lowest BCUT2D eigenvalue weighted by Gasteiger charge is -2.24. The van der Waals surface area contributed by atoms with Crippen LogP contribution in [0.4, 0.5) is 0 Å². The second-order valence-corrected chi connectivity index (χ2v) is 5.25. The third-order valence-electron chi connectivity index (χ3n) is 3.30. The summed E-state index contributed by atoms with van der Waals surface area (Å²) >= 11 is 0. The first-order chi connectivity index (χ1) is 8.16. The van der Waals surface area contributed by atoms with E-state index in [9.17, 15) is 4.79 Å². The quantitative estimate of drug-likeness (QED) is 0.833. The van der Waals surface area contributed by atoms with Crippen LogP contribution in [0.5, 0.6) is 0 Å². The van der Waals surface area contributed by atoms with Gasteiger partial charge in [0.25, 0.3) is 0 Å². The summed E-state index contributed by atoms with van der Waals surface area (Å²) < 4.78 is 0. The molecule has 0 aromatic carbocycles. The smallest absolute Gasteiger partial charge is 0.317 e. The van der Waals surface area contributed by atoms with E-state index in [0.29, 0.717) is 11.8 Å². The van der Waals surface area contributed by atoms with Crippen molar-refractivity contribution in [1.29, 1.82) is 0 Å². The number of aromatic nitrogens is 2. The molecular weight excluding hydrogens is 214 g/mol. The SMILES string of the molecule is CC(C)Cc1cnc(=O)[nH]c1C1CCNCC1. The van der Waals surface area contributed by atoms with Crippen LogP contribution in [-0.4, -0.2) is 23.1 Å². The zero-order valence-electron chi connectivity index (χ0n) is 10.6. The van der Waals surface area contributed by atoms with Gasteiger partial charge in [-0.3, -0.25) is 0 Å². The topological polar surface area (TPSA) is 57.8 Å². The van der Waals surface area contributed by atoms with Crippen molar-refractivity contribution in [2.45, 2.75) is 39.0 Å². The molecule has 1 aromatic heterocycles.